The van der Waals surface area contributed by atoms with Crippen molar-refractivity contribution in [3.63, 3.8) is 0 Å². The highest BCUT2D eigenvalue weighted by atomic mass is 28.4. The van der Waals surface area contributed by atoms with Gasteiger partial charge in [-0.3, -0.25) is 0 Å². The molecule has 1 fully saturated rings. The van der Waals surface area contributed by atoms with Crippen molar-refractivity contribution >= 4 is 24.7 Å². The van der Waals surface area contributed by atoms with Crippen molar-refractivity contribution in [1.29, 1.82) is 0 Å². The van der Waals surface area contributed by atoms with Gasteiger partial charge < -0.3 is 23.7 Å². The van der Waals surface area contributed by atoms with Gasteiger partial charge in [-0.05, 0) is 53.1 Å². The molecule has 2 aromatic rings. The Morgan fingerprint density at radius 2 is 1.59 bits per heavy atom. The van der Waals surface area contributed by atoms with Crippen molar-refractivity contribution in [2.45, 2.75) is 64.9 Å². The number of carbonyl (C=O) groups is 1. The second-order valence-corrected chi connectivity index (χ2v) is 18.0. The summed E-state index contributed by atoms with van der Waals surface area (Å²) in [6.45, 7) is 21.9. The Labute approximate surface area is 264 Å². The molecule has 1 saturated heterocycles. The first-order chi connectivity index (χ1) is 20.8. The molecule has 0 spiro atoms. The van der Waals surface area contributed by atoms with Gasteiger partial charge >= 0.3 is 14.3 Å². The highest BCUT2D eigenvalue weighted by molar-refractivity contribution is 6.99. The molecule has 0 saturated carbocycles. The van der Waals surface area contributed by atoms with Crippen LogP contribution in [0.5, 0.6) is 0 Å². The Kier molecular flexibility index (Phi) is 10.5. The number of methoxy groups -OCH3 is 1. The Hall–Kier alpha value is -2.97. The van der Waals surface area contributed by atoms with E-state index in [1.807, 2.05) is 32.1 Å². The van der Waals surface area contributed by atoms with Gasteiger partial charge in [0.2, 0.25) is 0 Å². The molecule has 44 heavy (non-hydrogen) atoms. The molecule has 5 atom stereocenters. The maximum atomic E-state index is 12.2. The molecule has 7 heteroatoms. The molecule has 238 valence electrons. The lowest BCUT2D eigenvalue weighted by Crippen LogP contribution is -2.67. The standard InChI is InChI=1S/C37H50O6Si/c1-10-30-33(31(38)21-26(3)35(39)40-9)25(2)22-32(34(30)27-23-41-37(7,8)42-24-27)43-44(36(4,5)6,28-17-13-11-14-18-28)29-19-15-12-16-20-29/h10-20,22,25,27,30-31,33-34,38H,1,3,21,23-24H2,2,4-9H3/t25-,30-,31?,33+,34-/m1/s1. The molecule has 4 rings (SSSR count). The summed E-state index contributed by atoms with van der Waals surface area (Å²) in [5.74, 6) is -1.01. The van der Waals surface area contributed by atoms with E-state index in [1.54, 1.807) is 0 Å². The third-order valence-electron chi connectivity index (χ3n) is 9.35. The number of ether oxygens (including phenoxy) is 3. The van der Waals surface area contributed by atoms with Crippen LogP contribution in [0.25, 0.3) is 0 Å². The van der Waals surface area contributed by atoms with Crippen molar-refractivity contribution in [2.24, 2.45) is 29.6 Å². The minimum atomic E-state index is -2.96. The number of hydrogen-bond acceptors (Lipinski definition) is 6. The Balaban J connectivity index is 1.87. The van der Waals surface area contributed by atoms with Gasteiger partial charge in [0.15, 0.2) is 5.79 Å². The topological polar surface area (TPSA) is 74.2 Å². The minimum absolute atomic E-state index is 0.0403. The summed E-state index contributed by atoms with van der Waals surface area (Å²) >= 11 is 0. The molecule has 1 aliphatic heterocycles. The van der Waals surface area contributed by atoms with Crippen LogP contribution in [0, 0.1) is 29.6 Å². The normalized spacial score (nSPS) is 25.0. The fourth-order valence-electron chi connectivity index (χ4n) is 7.18. The number of esters is 1. The zero-order valence-electron chi connectivity index (χ0n) is 27.4. The average molecular weight is 619 g/mol. The molecule has 1 N–H and O–H groups in total. The van der Waals surface area contributed by atoms with Gasteiger partial charge in [0.05, 0.1) is 32.2 Å². The Morgan fingerprint density at radius 1 is 1.07 bits per heavy atom. The number of rotatable bonds is 10. The van der Waals surface area contributed by atoms with E-state index in [4.69, 9.17) is 18.6 Å². The van der Waals surface area contributed by atoms with Gasteiger partial charge in [-0.25, -0.2) is 4.79 Å². The van der Waals surface area contributed by atoms with Crippen molar-refractivity contribution in [3.05, 3.63) is 97.3 Å². The van der Waals surface area contributed by atoms with E-state index in [-0.39, 0.29) is 46.6 Å². The fourth-order valence-corrected chi connectivity index (χ4v) is 11.7. The lowest BCUT2D eigenvalue weighted by atomic mass is 9.63. The maximum Gasteiger partial charge on any atom is 0.333 e. The third kappa shape index (κ3) is 6.81. The largest absolute Gasteiger partial charge is 0.537 e. The van der Waals surface area contributed by atoms with Crippen LogP contribution in [-0.4, -0.2) is 51.6 Å². The number of aliphatic hydroxyl groups is 1. The monoisotopic (exact) mass is 618 g/mol. The van der Waals surface area contributed by atoms with Crippen molar-refractivity contribution in [2.75, 3.05) is 20.3 Å². The van der Waals surface area contributed by atoms with Crippen LogP contribution >= 0.6 is 0 Å². The van der Waals surface area contributed by atoms with Crippen molar-refractivity contribution in [1.82, 2.24) is 0 Å². The molecule has 1 aliphatic carbocycles. The Morgan fingerprint density at radius 3 is 2.05 bits per heavy atom. The van der Waals surface area contributed by atoms with Crippen LogP contribution in [0.1, 0.15) is 48.0 Å². The second-order valence-electron chi connectivity index (χ2n) is 13.8. The summed E-state index contributed by atoms with van der Waals surface area (Å²) in [6.07, 6.45) is 3.41. The summed E-state index contributed by atoms with van der Waals surface area (Å²) < 4.78 is 25.0. The van der Waals surface area contributed by atoms with E-state index in [0.717, 1.165) is 5.76 Å². The van der Waals surface area contributed by atoms with Gasteiger partial charge in [0, 0.05) is 23.8 Å². The van der Waals surface area contributed by atoms with E-state index in [0.29, 0.717) is 13.2 Å². The maximum absolute atomic E-state index is 12.2. The first-order valence-corrected chi connectivity index (χ1v) is 17.5. The SMILES string of the molecule is C=C[C@@H]1[C@@H](C(O)CC(=C)C(=O)OC)[C@H](C)C=C(O[Si](c2ccccc2)(c2ccccc2)C(C)(C)C)[C@@H]1C1COC(C)(C)OC1. The lowest BCUT2D eigenvalue weighted by molar-refractivity contribution is -0.269. The number of hydrogen-bond donors (Lipinski definition) is 1. The number of aliphatic hydroxyl groups excluding tert-OH is 1. The van der Waals surface area contributed by atoms with E-state index in [2.05, 4.69) is 95.5 Å². The molecule has 0 amide bonds. The molecule has 0 aromatic heterocycles. The quantitative estimate of drug-likeness (QED) is 0.152. The highest BCUT2D eigenvalue weighted by Crippen LogP contribution is 2.49. The highest BCUT2D eigenvalue weighted by Gasteiger charge is 2.55. The molecular weight excluding hydrogens is 568 g/mol. The number of benzene rings is 2. The van der Waals surface area contributed by atoms with Gasteiger partial charge in [-0.2, -0.15) is 0 Å². The van der Waals surface area contributed by atoms with Crippen LogP contribution in [-0.2, 0) is 23.4 Å². The molecule has 1 heterocycles. The van der Waals surface area contributed by atoms with Crippen molar-refractivity contribution < 1.29 is 28.5 Å². The molecule has 1 unspecified atom stereocenters. The summed E-state index contributed by atoms with van der Waals surface area (Å²) in [5.41, 5.74) is 0.246. The van der Waals surface area contributed by atoms with E-state index in [9.17, 15) is 9.90 Å². The van der Waals surface area contributed by atoms with Gasteiger partial charge in [0.1, 0.15) is 0 Å². The first-order valence-electron chi connectivity index (χ1n) is 15.6. The van der Waals surface area contributed by atoms with Crippen LogP contribution in [0.4, 0.5) is 0 Å². The summed E-state index contributed by atoms with van der Waals surface area (Å²) in [4.78, 5) is 12.2. The molecular formula is C37H50O6Si. The van der Waals surface area contributed by atoms with E-state index < -0.39 is 26.2 Å². The summed E-state index contributed by atoms with van der Waals surface area (Å²) in [5, 5.41) is 13.8. The third-order valence-corrected chi connectivity index (χ3v) is 14.3. The number of allylic oxidation sites excluding steroid dienone is 3. The average Bonchev–Trinajstić information content (AvgIpc) is 2.99. The van der Waals surface area contributed by atoms with Crippen LogP contribution in [0.15, 0.2) is 97.3 Å². The fraction of sp³-hybridized carbons (Fsp3) is 0.486. The summed E-state index contributed by atoms with van der Waals surface area (Å²) in [6, 6.07) is 21.2. The zero-order valence-corrected chi connectivity index (χ0v) is 28.4. The van der Waals surface area contributed by atoms with Crippen LogP contribution < -0.4 is 10.4 Å². The molecule has 0 bridgehead atoms. The smallest absolute Gasteiger partial charge is 0.333 e. The summed E-state index contributed by atoms with van der Waals surface area (Å²) in [7, 11) is -1.63. The predicted molar refractivity (Wildman–Crippen MR) is 178 cm³/mol. The van der Waals surface area contributed by atoms with Crippen LogP contribution in [0.2, 0.25) is 5.04 Å². The van der Waals surface area contributed by atoms with Gasteiger partial charge in [0.25, 0.3) is 0 Å². The Bertz CT molecular complexity index is 1280. The molecule has 2 aromatic carbocycles. The molecule has 6 nitrogen and oxygen atoms in total. The molecule has 2 aliphatic rings. The van der Waals surface area contributed by atoms with Crippen molar-refractivity contribution in [3.8, 4) is 0 Å². The predicted octanol–water partition coefficient (Wildman–Crippen LogP) is 6.01. The van der Waals surface area contributed by atoms with E-state index in [1.165, 1.54) is 17.5 Å². The van der Waals surface area contributed by atoms with Crippen LogP contribution in [0.3, 0.4) is 0 Å². The van der Waals surface area contributed by atoms with Gasteiger partial charge in [-0.1, -0.05) is 101 Å². The van der Waals surface area contributed by atoms with E-state index >= 15 is 0 Å². The zero-order chi connectivity index (χ0) is 32.3. The first kappa shape index (κ1) is 33.9. The number of carbonyl (C=O) groups excluding carboxylic acids is 1. The second kappa shape index (κ2) is 13.6. The van der Waals surface area contributed by atoms with Gasteiger partial charge in [-0.15, -0.1) is 6.58 Å². The lowest BCUT2D eigenvalue weighted by Gasteiger charge is -2.51. The minimum Gasteiger partial charge on any atom is -0.537 e. The molecule has 0 radical (unpaired) electrons.